The lowest BCUT2D eigenvalue weighted by molar-refractivity contribution is 0.615. The molecule has 0 spiro atoms. The number of benzene rings is 1. The van der Waals surface area contributed by atoms with Gasteiger partial charge in [-0.2, -0.15) is 0 Å². The topological polar surface area (TPSA) is 24.9 Å². The Hall–Kier alpha value is -1.09. The molecule has 2 aromatic rings. The van der Waals surface area contributed by atoms with Gasteiger partial charge >= 0.3 is 0 Å². The highest BCUT2D eigenvalue weighted by atomic mass is 35.5. The van der Waals surface area contributed by atoms with Gasteiger partial charge in [0, 0.05) is 11.2 Å². The second-order valence-corrected chi connectivity index (χ2v) is 4.82. The summed E-state index contributed by atoms with van der Waals surface area (Å²) in [6.45, 7) is 2.91. The molecule has 0 radical (unpaired) electrons. The smallest absolute Gasteiger partial charge is 0.0751 e. The van der Waals surface area contributed by atoms with Gasteiger partial charge in [-0.25, -0.2) is 0 Å². The highest BCUT2D eigenvalue weighted by molar-refractivity contribution is 6.30. The van der Waals surface area contributed by atoms with Crippen LogP contribution in [-0.4, -0.2) is 11.5 Å². The molecule has 0 saturated carbocycles. The molecule has 1 heterocycles. The van der Waals surface area contributed by atoms with Crippen LogP contribution in [0.25, 0.3) is 0 Å². The van der Waals surface area contributed by atoms with Crippen LogP contribution in [0.15, 0.2) is 42.6 Å². The summed E-state index contributed by atoms with van der Waals surface area (Å²) in [7, 11) is 0. The molecule has 0 amide bonds. The molecular formula is C14H14Cl2N2. The standard InChI is InChI=1S/C14H14Cl2N2/c1-2-17-14(10-4-3-5-11(15)8-10)13-7-6-12(16)9-18-13/h3-9,14,17H,2H2,1H3. The van der Waals surface area contributed by atoms with Crippen LogP contribution in [0.2, 0.25) is 10.0 Å². The highest BCUT2D eigenvalue weighted by Crippen LogP contribution is 2.23. The van der Waals surface area contributed by atoms with Crippen molar-refractivity contribution >= 4 is 23.2 Å². The number of pyridine rings is 1. The fourth-order valence-electron chi connectivity index (χ4n) is 1.84. The Balaban J connectivity index is 2.36. The molecule has 94 valence electrons. The number of hydrogen-bond donors (Lipinski definition) is 1. The monoisotopic (exact) mass is 280 g/mol. The molecule has 1 aromatic heterocycles. The second-order valence-electron chi connectivity index (χ2n) is 3.95. The van der Waals surface area contributed by atoms with Gasteiger partial charge in [0.05, 0.1) is 16.8 Å². The Morgan fingerprint density at radius 3 is 2.61 bits per heavy atom. The van der Waals surface area contributed by atoms with Crippen molar-refractivity contribution in [2.75, 3.05) is 6.54 Å². The number of aromatic nitrogens is 1. The Morgan fingerprint density at radius 2 is 2.00 bits per heavy atom. The minimum absolute atomic E-state index is 0.0333. The summed E-state index contributed by atoms with van der Waals surface area (Å²) >= 11 is 11.9. The SMILES string of the molecule is CCNC(c1cccc(Cl)c1)c1ccc(Cl)cn1. The second kappa shape index (κ2) is 6.19. The molecule has 1 atom stereocenters. The molecule has 4 heteroatoms. The average Bonchev–Trinajstić information content (AvgIpc) is 2.37. The van der Waals surface area contributed by atoms with Gasteiger partial charge < -0.3 is 5.32 Å². The van der Waals surface area contributed by atoms with Crippen LogP contribution >= 0.6 is 23.2 Å². The maximum Gasteiger partial charge on any atom is 0.0751 e. The summed E-state index contributed by atoms with van der Waals surface area (Å²) in [6.07, 6.45) is 1.66. The van der Waals surface area contributed by atoms with Gasteiger partial charge in [-0.05, 0) is 36.4 Å². The van der Waals surface area contributed by atoms with Crippen molar-refractivity contribution in [3.8, 4) is 0 Å². The molecule has 0 fully saturated rings. The summed E-state index contributed by atoms with van der Waals surface area (Å²) in [5, 5.41) is 4.76. The Kier molecular flexibility index (Phi) is 4.59. The summed E-state index contributed by atoms with van der Waals surface area (Å²) in [5.74, 6) is 0. The Labute approximate surface area is 117 Å². The minimum Gasteiger partial charge on any atom is -0.305 e. The summed E-state index contributed by atoms with van der Waals surface area (Å²) in [4.78, 5) is 4.37. The third-order valence-corrected chi connectivity index (χ3v) is 3.09. The molecule has 0 bridgehead atoms. The van der Waals surface area contributed by atoms with Crippen molar-refractivity contribution in [3.05, 3.63) is 63.9 Å². The Morgan fingerprint density at radius 1 is 1.17 bits per heavy atom. The average molecular weight is 281 g/mol. The highest BCUT2D eigenvalue weighted by Gasteiger charge is 2.14. The maximum absolute atomic E-state index is 6.03. The number of rotatable bonds is 4. The van der Waals surface area contributed by atoms with Gasteiger partial charge in [0.15, 0.2) is 0 Å². The normalized spacial score (nSPS) is 12.4. The first kappa shape index (κ1) is 13.3. The fraction of sp³-hybridized carbons (Fsp3) is 0.214. The van der Waals surface area contributed by atoms with E-state index in [2.05, 4.69) is 17.2 Å². The molecule has 1 aromatic carbocycles. The molecule has 2 nitrogen and oxygen atoms in total. The lowest BCUT2D eigenvalue weighted by Gasteiger charge is -2.18. The maximum atomic E-state index is 6.03. The number of nitrogens with one attached hydrogen (secondary N) is 1. The van der Waals surface area contributed by atoms with Crippen LogP contribution in [0, 0.1) is 0 Å². The van der Waals surface area contributed by atoms with Crippen LogP contribution in [0.3, 0.4) is 0 Å². The van der Waals surface area contributed by atoms with Crippen LogP contribution in [0.5, 0.6) is 0 Å². The molecule has 1 unspecified atom stereocenters. The lowest BCUT2D eigenvalue weighted by atomic mass is 10.0. The van der Waals surface area contributed by atoms with Crippen molar-refractivity contribution < 1.29 is 0 Å². The first-order chi connectivity index (χ1) is 8.70. The van der Waals surface area contributed by atoms with E-state index in [-0.39, 0.29) is 6.04 Å². The van der Waals surface area contributed by atoms with Gasteiger partial charge in [0.25, 0.3) is 0 Å². The predicted octanol–water partition coefficient (Wildman–Crippen LogP) is 4.09. The van der Waals surface area contributed by atoms with Crippen molar-refractivity contribution in [2.45, 2.75) is 13.0 Å². The summed E-state index contributed by atoms with van der Waals surface area (Å²) < 4.78 is 0. The van der Waals surface area contributed by atoms with E-state index in [1.807, 2.05) is 36.4 Å². The van der Waals surface area contributed by atoms with Gasteiger partial charge in [-0.3, -0.25) is 4.98 Å². The molecule has 18 heavy (non-hydrogen) atoms. The van der Waals surface area contributed by atoms with E-state index >= 15 is 0 Å². The van der Waals surface area contributed by atoms with Crippen molar-refractivity contribution in [1.82, 2.24) is 10.3 Å². The lowest BCUT2D eigenvalue weighted by Crippen LogP contribution is -2.22. The largest absolute Gasteiger partial charge is 0.305 e. The first-order valence-electron chi connectivity index (χ1n) is 5.81. The van der Waals surface area contributed by atoms with Crippen molar-refractivity contribution in [1.29, 1.82) is 0 Å². The first-order valence-corrected chi connectivity index (χ1v) is 6.56. The molecule has 1 N–H and O–H groups in total. The van der Waals surface area contributed by atoms with Crippen LogP contribution in [-0.2, 0) is 0 Å². The fourth-order valence-corrected chi connectivity index (χ4v) is 2.15. The van der Waals surface area contributed by atoms with E-state index in [1.165, 1.54) is 0 Å². The van der Waals surface area contributed by atoms with Crippen LogP contribution < -0.4 is 5.32 Å². The van der Waals surface area contributed by atoms with Gasteiger partial charge in [-0.1, -0.05) is 42.3 Å². The molecule has 0 aliphatic heterocycles. The van der Waals surface area contributed by atoms with Gasteiger partial charge in [0.2, 0.25) is 0 Å². The molecule has 2 rings (SSSR count). The van der Waals surface area contributed by atoms with E-state index in [9.17, 15) is 0 Å². The van der Waals surface area contributed by atoms with Gasteiger partial charge in [0.1, 0.15) is 0 Å². The third-order valence-electron chi connectivity index (χ3n) is 2.64. The predicted molar refractivity (Wildman–Crippen MR) is 76.2 cm³/mol. The summed E-state index contributed by atoms with van der Waals surface area (Å²) in [6, 6.07) is 11.6. The van der Waals surface area contributed by atoms with E-state index < -0.39 is 0 Å². The van der Waals surface area contributed by atoms with E-state index in [0.717, 1.165) is 22.8 Å². The Bertz CT molecular complexity index is 511. The molecule has 0 saturated heterocycles. The van der Waals surface area contributed by atoms with E-state index in [1.54, 1.807) is 6.20 Å². The van der Waals surface area contributed by atoms with E-state index in [4.69, 9.17) is 23.2 Å². The zero-order chi connectivity index (χ0) is 13.0. The zero-order valence-corrected chi connectivity index (χ0v) is 11.5. The minimum atomic E-state index is 0.0333. The third kappa shape index (κ3) is 3.22. The molecule has 0 aliphatic rings. The van der Waals surface area contributed by atoms with Crippen molar-refractivity contribution in [3.63, 3.8) is 0 Å². The molecular weight excluding hydrogens is 267 g/mol. The van der Waals surface area contributed by atoms with Crippen LogP contribution in [0.1, 0.15) is 24.2 Å². The number of hydrogen-bond acceptors (Lipinski definition) is 2. The molecule has 0 aliphatic carbocycles. The number of nitrogens with zero attached hydrogens (tertiary/aromatic N) is 1. The zero-order valence-electron chi connectivity index (χ0n) is 10.0. The quantitative estimate of drug-likeness (QED) is 0.913. The van der Waals surface area contributed by atoms with Crippen molar-refractivity contribution in [2.24, 2.45) is 0 Å². The van der Waals surface area contributed by atoms with E-state index in [0.29, 0.717) is 5.02 Å². The van der Waals surface area contributed by atoms with Gasteiger partial charge in [-0.15, -0.1) is 0 Å². The number of halogens is 2. The summed E-state index contributed by atoms with van der Waals surface area (Å²) in [5.41, 5.74) is 2.03. The van der Waals surface area contributed by atoms with Crippen LogP contribution in [0.4, 0.5) is 0 Å².